The van der Waals surface area contributed by atoms with Gasteiger partial charge in [-0.2, -0.15) is 13.2 Å². The van der Waals surface area contributed by atoms with E-state index in [1.54, 1.807) is 6.92 Å². The van der Waals surface area contributed by atoms with Gasteiger partial charge in [-0.3, -0.25) is 4.79 Å². The van der Waals surface area contributed by atoms with Gasteiger partial charge in [0.2, 0.25) is 5.91 Å². The first-order valence-corrected chi connectivity index (χ1v) is 5.68. The van der Waals surface area contributed by atoms with E-state index in [1.165, 1.54) is 6.20 Å². The molecule has 20 heavy (non-hydrogen) atoms. The van der Waals surface area contributed by atoms with E-state index in [0.717, 1.165) is 18.5 Å². The van der Waals surface area contributed by atoms with Crippen LogP contribution in [0.1, 0.15) is 18.9 Å². The molecule has 0 bridgehead atoms. The Labute approximate surface area is 111 Å². The van der Waals surface area contributed by atoms with Gasteiger partial charge in [-0.05, 0) is 12.1 Å². The maximum atomic E-state index is 12.8. The summed E-state index contributed by atoms with van der Waals surface area (Å²) in [6, 6.07) is 1.61. The molecule has 2 aromatic heterocycles. The number of halogens is 3. The van der Waals surface area contributed by atoms with Crippen molar-refractivity contribution in [2.45, 2.75) is 19.5 Å². The van der Waals surface area contributed by atoms with Crippen molar-refractivity contribution in [1.29, 1.82) is 0 Å². The third-order valence-electron chi connectivity index (χ3n) is 2.43. The van der Waals surface area contributed by atoms with Crippen LogP contribution in [0.4, 0.5) is 19.0 Å². The van der Waals surface area contributed by atoms with Gasteiger partial charge in [0.25, 0.3) is 0 Å². The summed E-state index contributed by atoms with van der Waals surface area (Å²) in [7, 11) is 0. The first kappa shape index (κ1) is 14.0. The van der Waals surface area contributed by atoms with Crippen molar-refractivity contribution in [3.8, 4) is 11.5 Å². The van der Waals surface area contributed by atoms with E-state index in [1.807, 2.05) is 0 Å². The molecule has 0 spiro atoms. The van der Waals surface area contributed by atoms with Gasteiger partial charge in [-0.1, -0.05) is 6.92 Å². The molecule has 0 saturated carbocycles. The summed E-state index contributed by atoms with van der Waals surface area (Å²) >= 11 is 0. The highest BCUT2D eigenvalue weighted by atomic mass is 19.4. The molecule has 5 nitrogen and oxygen atoms in total. The first-order chi connectivity index (χ1) is 9.40. The van der Waals surface area contributed by atoms with Crippen LogP contribution in [0.2, 0.25) is 0 Å². The van der Waals surface area contributed by atoms with Gasteiger partial charge in [0.05, 0.1) is 11.8 Å². The molecule has 1 amide bonds. The number of alkyl halides is 3. The maximum absolute atomic E-state index is 12.8. The van der Waals surface area contributed by atoms with Crippen LogP contribution in [0.5, 0.6) is 0 Å². The Bertz CT molecular complexity index is 609. The van der Waals surface area contributed by atoms with Crippen molar-refractivity contribution in [1.82, 2.24) is 9.97 Å². The molecule has 0 atom stereocenters. The molecule has 1 N–H and O–H groups in total. The van der Waals surface area contributed by atoms with Crippen molar-refractivity contribution >= 4 is 11.7 Å². The van der Waals surface area contributed by atoms with Crippen LogP contribution in [0.25, 0.3) is 11.5 Å². The van der Waals surface area contributed by atoms with Gasteiger partial charge in [0.1, 0.15) is 11.5 Å². The summed E-state index contributed by atoms with van der Waals surface area (Å²) in [6.07, 6.45) is -2.09. The van der Waals surface area contributed by atoms with Crippen LogP contribution in [-0.4, -0.2) is 15.9 Å². The number of hydrogen-bond donors (Lipinski definition) is 1. The normalized spacial score (nSPS) is 11.4. The molecule has 0 radical (unpaired) electrons. The van der Waals surface area contributed by atoms with Crippen LogP contribution in [0.3, 0.4) is 0 Å². The van der Waals surface area contributed by atoms with E-state index in [0.29, 0.717) is 0 Å². The Morgan fingerprint density at radius 2 is 2.15 bits per heavy atom. The minimum atomic E-state index is -4.55. The van der Waals surface area contributed by atoms with Gasteiger partial charge < -0.3 is 9.73 Å². The molecule has 2 heterocycles. The SMILES string of the molecule is CCC(=O)Nc1cc(C(F)(F)F)cc(-c2cnco2)n1. The number of nitrogens with zero attached hydrogens (tertiary/aromatic N) is 2. The fourth-order valence-corrected chi connectivity index (χ4v) is 1.46. The summed E-state index contributed by atoms with van der Waals surface area (Å²) in [5.41, 5.74) is -0.978. The fraction of sp³-hybridized carbons (Fsp3) is 0.250. The van der Waals surface area contributed by atoms with Crippen molar-refractivity contribution in [2.24, 2.45) is 0 Å². The maximum Gasteiger partial charge on any atom is 0.416 e. The Kier molecular flexibility index (Phi) is 3.73. The second-order valence-corrected chi connectivity index (χ2v) is 3.89. The molecular weight excluding hydrogens is 275 g/mol. The number of nitrogens with one attached hydrogen (secondary N) is 1. The topological polar surface area (TPSA) is 68.0 Å². The van der Waals surface area contributed by atoms with Crippen molar-refractivity contribution in [3.63, 3.8) is 0 Å². The number of carbonyl (C=O) groups is 1. The van der Waals surface area contributed by atoms with Crippen LogP contribution >= 0.6 is 0 Å². The van der Waals surface area contributed by atoms with E-state index in [4.69, 9.17) is 4.42 Å². The van der Waals surface area contributed by atoms with Crippen molar-refractivity contribution in [3.05, 3.63) is 30.3 Å². The van der Waals surface area contributed by atoms with Gasteiger partial charge in [0, 0.05) is 6.42 Å². The lowest BCUT2D eigenvalue weighted by molar-refractivity contribution is -0.137. The Morgan fingerprint density at radius 3 is 2.70 bits per heavy atom. The number of oxazole rings is 1. The molecule has 0 aromatic carbocycles. The molecule has 0 aliphatic rings. The summed E-state index contributed by atoms with van der Waals surface area (Å²) < 4.78 is 43.4. The minimum absolute atomic E-state index is 0.0521. The summed E-state index contributed by atoms with van der Waals surface area (Å²) in [6.45, 7) is 1.58. The Balaban J connectivity index is 2.47. The number of pyridine rings is 1. The predicted molar refractivity (Wildman–Crippen MR) is 63.7 cm³/mol. The van der Waals surface area contributed by atoms with Gasteiger partial charge in [0.15, 0.2) is 12.2 Å². The highest BCUT2D eigenvalue weighted by Crippen LogP contribution is 2.33. The van der Waals surface area contributed by atoms with Crippen LogP contribution in [-0.2, 0) is 11.0 Å². The van der Waals surface area contributed by atoms with Crippen molar-refractivity contribution in [2.75, 3.05) is 5.32 Å². The number of amides is 1. The van der Waals surface area contributed by atoms with E-state index in [-0.39, 0.29) is 23.7 Å². The first-order valence-electron chi connectivity index (χ1n) is 5.68. The zero-order valence-electron chi connectivity index (χ0n) is 10.4. The lowest BCUT2D eigenvalue weighted by Crippen LogP contribution is -2.13. The van der Waals surface area contributed by atoms with Crippen molar-refractivity contribution < 1.29 is 22.4 Å². The highest BCUT2D eigenvalue weighted by molar-refractivity contribution is 5.89. The molecule has 106 valence electrons. The molecule has 8 heteroatoms. The smallest absolute Gasteiger partial charge is 0.416 e. The number of aromatic nitrogens is 2. The monoisotopic (exact) mass is 285 g/mol. The zero-order valence-corrected chi connectivity index (χ0v) is 10.4. The van der Waals surface area contributed by atoms with Gasteiger partial charge in [-0.15, -0.1) is 0 Å². The quantitative estimate of drug-likeness (QED) is 0.940. The lowest BCUT2D eigenvalue weighted by Gasteiger charge is -2.11. The minimum Gasteiger partial charge on any atom is -0.442 e. The third-order valence-corrected chi connectivity index (χ3v) is 2.43. The Morgan fingerprint density at radius 1 is 1.40 bits per heavy atom. The fourth-order valence-electron chi connectivity index (χ4n) is 1.46. The van der Waals surface area contributed by atoms with E-state index in [2.05, 4.69) is 15.3 Å². The second-order valence-electron chi connectivity index (χ2n) is 3.89. The summed E-state index contributed by atoms with van der Waals surface area (Å²) in [4.78, 5) is 18.8. The second kappa shape index (κ2) is 5.32. The van der Waals surface area contributed by atoms with Crippen LogP contribution in [0.15, 0.2) is 29.1 Å². The Hall–Kier alpha value is -2.38. The average molecular weight is 285 g/mol. The van der Waals surface area contributed by atoms with E-state index < -0.39 is 17.6 Å². The third kappa shape index (κ3) is 3.14. The van der Waals surface area contributed by atoms with Crippen LogP contribution < -0.4 is 5.32 Å². The molecule has 0 saturated heterocycles. The molecule has 2 aromatic rings. The zero-order chi connectivity index (χ0) is 14.8. The number of anilines is 1. The predicted octanol–water partition coefficient (Wildman–Crippen LogP) is 3.10. The highest BCUT2D eigenvalue weighted by Gasteiger charge is 2.32. The summed E-state index contributed by atoms with van der Waals surface area (Å²) in [5.74, 6) is -0.526. The number of rotatable bonds is 3. The average Bonchev–Trinajstić information content (AvgIpc) is 2.91. The van der Waals surface area contributed by atoms with Gasteiger partial charge in [-0.25, -0.2) is 9.97 Å². The van der Waals surface area contributed by atoms with Gasteiger partial charge >= 0.3 is 6.18 Å². The lowest BCUT2D eigenvalue weighted by atomic mass is 10.2. The van der Waals surface area contributed by atoms with Crippen LogP contribution in [0, 0.1) is 0 Å². The summed E-state index contributed by atoms with van der Waals surface area (Å²) in [5, 5.41) is 2.29. The molecule has 0 unspecified atom stereocenters. The number of hydrogen-bond acceptors (Lipinski definition) is 4. The standard InChI is InChI=1S/C12H10F3N3O2/c1-2-11(19)18-10-4-7(12(13,14)15)3-8(17-10)9-5-16-6-20-9/h3-6H,2H2,1H3,(H,17,18,19). The molecule has 0 aliphatic heterocycles. The largest absolute Gasteiger partial charge is 0.442 e. The molecular formula is C12H10F3N3O2. The molecule has 0 fully saturated rings. The molecule has 2 rings (SSSR count). The van der Waals surface area contributed by atoms with E-state index in [9.17, 15) is 18.0 Å². The van der Waals surface area contributed by atoms with E-state index >= 15 is 0 Å². The molecule has 0 aliphatic carbocycles. The number of carbonyl (C=O) groups excluding carboxylic acids is 1.